The van der Waals surface area contributed by atoms with Gasteiger partial charge in [-0.15, -0.1) is 0 Å². The van der Waals surface area contributed by atoms with Gasteiger partial charge < -0.3 is 29.9 Å². The van der Waals surface area contributed by atoms with Crippen molar-refractivity contribution < 1.29 is 34.7 Å². The van der Waals surface area contributed by atoms with Gasteiger partial charge in [-0.2, -0.15) is 0 Å². The average Bonchev–Trinajstić information content (AvgIpc) is 3.58. The molecule has 1 fully saturated rings. The number of carbonyl (C=O) groups is 1. The number of aliphatic hydroxyl groups is 4. The van der Waals surface area contributed by atoms with Crippen LogP contribution in [0.15, 0.2) is 11.6 Å². The van der Waals surface area contributed by atoms with E-state index in [1.54, 1.807) is 6.08 Å². The Bertz CT molecular complexity index is 726. The second kappa shape index (κ2) is 22.5. The highest BCUT2D eigenvalue weighted by Gasteiger charge is 2.34. The monoisotopic (exact) mass is 596 g/mol. The molecule has 42 heavy (non-hydrogen) atoms. The van der Waals surface area contributed by atoms with Gasteiger partial charge in [-0.1, -0.05) is 103 Å². The van der Waals surface area contributed by atoms with Gasteiger partial charge >= 0.3 is 5.97 Å². The van der Waals surface area contributed by atoms with Crippen LogP contribution in [0.25, 0.3) is 0 Å². The summed E-state index contributed by atoms with van der Waals surface area (Å²) in [5, 5.41) is 41.8. The maximum atomic E-state index is 11.6. The molecule has 7 nitrogen and oxygen atoms in total. The Morgan fingerprint density at radius 1 is 0.667 bits per heavy atom. The second-order valence-corrected chi connectivity index (χ2v) is 13.1. The van der Waals surface area contributed by atoms with E-state index in [1.165, 1.54) is 57.8 Å². The molecule has 2 heterocycles. The summed E-state index contributed by atoms with van der Waals surface area (Å²) in [5.41, 5.74) is 0.589. The van der Waals surface area contributed by atoms with Crippen LogP contribution in [0, 0.1) is 0 Å². The number of unbranched alkanes of at least 4 members (excludes halogenated alkanes) is 13. The molecule has 0 aromatic rings. The molecule has 0 bridgehead atoms. The summed E-state index contributed by atoms with van der Waals surface area (Å²) in [6.07, 6.45) is 22.3. The first-order valence-electron chi connectivity index (χ1n) is 17.6. The topological polar surface area (TPSA) is 116 Å². The molecule has 246 valence electrons. The summed E-state index contributed by atoms with van der Waals surface area (Å²) in [7, 11) is 0. The maximum Gasteiger partial charge on any atom is 0.334 e. The van der Waals surface area contributed by atoms with Crippen molar-refractivity contribution in [3.05, 3.63) is 11.6 Å². The molecule has 7 atom stereocenters. The van der Waals surface area contributed by atoms with Crippen molar-refractivity contribution >= 4 is 5.97 Å². The molecule has 1 saturated heterocycles. The van der Waals surface area contributed by atoms with Crippen LogP contribution >= 0.6 is 0 Å². The first-order chi connectivity index (χ1) is 20.3. The maximum absolute atomic E-state index is 11.6. The highest BCUT2D eigenvalue weighted by molar-refractivity contribution is 5.90. The van der Waals surface area contributed by atoms with Crippen LogP contribution in [0.4, 0.5) is 0 Å². The fraction of sp³-hybridized carbons (Fsp3) is 0.914. The third-order valence-electron chi connectivity index (χ3n) is 9.11. The number of ether oxygens (including phenoxy) is 2. The highest BCUT2D eigenvalue weighted by Crippen LogP contribution is 2.28. The van der Waals surface area contributed by atoms with Crippen molar-refractivity contribution in [2.75, 3.05) is 0 Å². The largest absolute Gasteiger partial charge is 0.455 e. The summed E-state index contributed by atoms with van der Waals surface area (Å²) in [6, 6.07) is 0. The predicted octanol–water partition coefficient (Wildman–Crippen LogP) is 7.06. The van der Waals surface area contributed by atoms with Gasteiger partial charge in [-0.05, 0) is 57.9 Å². The first-order valence-corrected chi connectivity index (χ1v) is 17.6. The third kappa shape index (κ3) is 16.2. The van der Waals surface area contributed by atoms with Crippen LogP contribution in [0.5, 0.6) is 0 Å². The Balaban J connectivity index is 1.42. The van der Waals surface area contributed by atoms with E-state index in [-0.39, 0.29) is 24.3 Å². The van der Waals surface area contributed by atoms with Gasteiger partial charge in [0.2, 0.25) is 0 Å². The lowest BCUT2D eigenvalue weighted by molar-refractivity contribution is -0.139. The standard InChI is InChI=1S/C35H64O7/c1-3-4-5-6-7-8-9-10-14-17-20-31(38)33-23-24-34(42-33)32(39)22-21-29(36)18-15-12-11-13-16-19-30(37)26-28-25-27(2)41-35(28)40/h25,27,29-34,36-39H,3-24,26H2,1-2H3/t27-,29-,30-,31-,32+,33-,34-/m1/s1. The van der Waals surface area contributed by atoms with E-state index >= 15 is 0 Å². The molecule has 0 unspecified atom stereocenters. The van der Waals surface area contributed by atoms with Crippen LogP contribution in [0.3, 0.4) is 0 Å². The molecule has 0 aromatic carbocycles. The van der Waals surface area contributed by atoms with Gasteiger partial charge in [-0.25, -0.2) is 4.79 Å². The van der Waals surface area contributed by atoms with Gasteiger partial charge in [0.15, 0.2) is 0 Å². The van der Waals surface area contributed by atoms with E-state index in [0.717, 1.165) is 64.2 Å². The number of cyclic esters (lactones) is 1. The molecule has 2 aliphatic heterocycles. The molecule has 0 amide bonds. The lowest BCUT2D eigenvalue weighted by atomic mass is 9.98. The minimum absolute atomic E-state index is 0.172. The Kier molecular flexibility index (Phi) is 19.9. The molecule has 2 rings (SSSR count). The Morgan fingerprint density at radius 3 is 1.67 bits per heavy atom. The van der Waals surface area contributed by atoms with Gasteiger partial charge in [0.05, 0.1) is 36.6 Å². The van der Waals surface area contributed by atoms with Crippen molar-refractivity contribution in [1.29, 1.82) is 0 Å². The van der Waals surface area contributed by atoms with E-state index in [2.05, 4.69) is 6.92 Å². The van der Waals surface area contributed by atoms with Crippen LogP contribution in [0.2, 0.25) is 0 Å². The Morgan fingerprint density at radius 2 is 1.14 bits per heavy atom. The summed E-state index contributed by atoms with van der Waals surface area (Å²) in [6.45, 7) is 4.07. The fourth-order valence-corrected chi connectivity index (χ4v) is 6.40. The zero-order chi connectivity index (χ0) is 30.6. The number of hydrogen-bond acceptors (Lipinski definition) is 7. The number of esters is 1. The molecule has 4 N–H and O–H groups in total. The van der Waals surface area contributed by atoms with E-state index in [1.807, 2.05) is 6.92 Å². The second-order valence-electron chi connectivity index (χ2n) is 13.1. The number of rotatable bonds is 26. The number of hydrogen-bond donors (Lipinski definition) is 4. The SMILES string of the molecule is CCCCCCCCCCCC[C@@H](O)[C@H]1CC[C@H]([C@@H](O)CC[C@H](O)CCCCCCC[C@@H](O)CC2=C[C@@H](C)OC2=O)O1. The molecule has 0 spiro atoms. The fourth-order valence-electron chi connectivity index (χ4n) is 6.40. The molecule has 0 aromatic heterocycles. The minimum Gasteiger partial charge on any atom is -0.455 e. The number of carbonyl (C=O) groups excluding carboxylic acids is 1. The first kappa shape index (κ1) is 37.2. The number of aliphatic hydroxyl groups excluding tert-OH is 4. The Hall–Kier alpha value is -0.990. The Labute approximate surface area is 256 Å². The summed E-state index contributed by atoms with van der Waals surface area (Å²) >= 11 is 0. The molecule has 0 aliphatic carbocycles. The molecular weight excluding hydrogens is 532 g/mol. The van der Waals surface area contributed by atoms with E-state index in [9.17, 15) is 25.2 Å². The zero-order valence-corrected chi connectivity index (χ0v) is 26.9. The molecule has 0 radical (unpaired) electrons. The zero-order valence-electron chi connectivity index (χ0n) is 26.9. The van der Waals surface area contributed by atoms with E-state index < -0.39 is 24.4 Å². The molecular formula is C35H64O7. The van der Waals surface area contributed by atoms with Crippen molar-refractivity contribution in [2.45, 2.75) is 204 Å². The van der Waals surface area contributed by atoms with Gasteiger partial charge in [0.1, 0.15) is 6.10 Å². The highest BCUT2D eigenvalue weighted by atomic mass is 16.5. The van der Waals surface area contributed by atoms with Crippen LogP contribution in [0.1, 0.15) is 162 Å². The summed E-state index contributed by atoms with van der Waals surface area (Å²) in [4.78, 5) is 11.6. The summed E-state index contributed by atoms with van der Waals surface area (Å²) in [5.74, 6) is -0.304. The van der Waals surface area contributed by atoms with Crippen molar-refractivity contribution in [2.24, 2.45) is 0 Å². The molecule has 7 heteroatoms. The lowest BCUT2D eigenvalue weighted by Gasteiger charge is -2.23. The van der Waals surface area contributed by atoms with Gasteiger partial charge in [0.25, 0.3) is 0 Å². The lowest BCUT2D eigenvalue weighted by Crippen LogP contribution is -2.31. The smallest absolute Gasteiger partial charge is 0.334 e. The van der Waals surface area contributed by atoms with E-state index in [4.69, 9.17) is 9.47 Å². The van der Waals surface area contributed by atoms with Crippen molar-refractivity contribution in [1.82, 2.24) is 0 Å². The average molecular weight is 597 g/mol. The van der Waals surface area contributed by atoms with Crippen LogP contribution in [-0.4, -0.2) is 69.1 Å². The van der Waals surface area contributed by atoms with Gasteiger partial charge in [-0.3, -0.25) is 0 Å². The van der Waals surface area contributed by atoms with Crippen LogP contribution in [-0.2, 0) is 14.3 Å². The van der Waals surface area contributed by atoms with Gasteiger partial charge in [0, 0.05) is 12.0 Å². The predicted molar refractivity (Wildman–Crippen MR) is 168 cm³/mol. The van der Waals surface area contributed by atoms with Crippen molar-refractivity contribution in [3.63, 3.8) is 0 Å². The summed E-state index contributed by atoms with van der Waals surface area (Å²) < 4.78 is 11.1. The normalized spacial score (nSPS) is 23.5. The third-order valence-corrected chi connectivity index (χ3v) is 9.11. The van der Waals surface area contributed by atoms with Crippen LogP contribution < -0.4 is 0 Å². The van der Waals surface area contributed by atoms with E-state index in [0.29, 0.717) is 31.3 Å². The quantitative estimate of drug-likeness (QED) is 0.0624. The minimum atomic E-state index is -0.592. The van der Waals surface area contributed by atoms with Crippen molar-refractivity contribution in [3.8, 4) is 0 Å². The molecule has 2 aliphatic rings. The molecule has 0 saturated carbocycles.